The first-order valence-corrected chi connectivity index (χ1v) is 14.6. The number of carbonyl (C=O) groups excluding carboxylic acids is 3. The van der Waals surface area contributed by atoms with Gasteiger partial charge >= 0.3 is 0 Å². The zero-order valence-corrected chi connectivity index (χ0v) is 23.9. The lowest BCUT2D eigenvalue weighted by atomic mass is 9.70. The highest BCUT2D eigenvalue weighted by atomic mass is 79.9. The first-order valence-electron chi connectivity index (χ1n) is 13.7. The Morgan fingerprint density at radius 1 is 1.19 bits per heavy atom. The molecule has 3 unspecified atom stereocenters. The van der Waals surface area contributed by atoms with Gasteiger partial charge in [-0.05, 0) is 25.2 Å². The van der Waals surface area contributed by atoms with Crippen LogP contribution in [0.4, 0.5) is 0 Å². The summed E-state index contributed by atoms with van der Waals surface area (Å²) in [6.45, 7) is 12.0. The lowest BCUT2D eigenvalue weighted by Gasteiger charge is -2.43. The lowest BCUT2D eigenvalue weighted by Crippen LogP contribution is -2.61. The molecule has 9 heteroatoms. The second-order valence-corrected chi connectivity index (χ2v) is 12.7. The van der Waals surface area contributed by atoms with Gasteiger partial charge in [0.15, 0.2) is 0 Å². The quantitative estimate of drug-likeness (QED) is 0.317. The summed E-state index contributed by atoms with van der Waals surface area (Å²) in [5.41, 5.74) is -1.13. The maximum absolute atomic E-state index is 14.6. The van der Waals surface area contributed by atoms with Gasteiger partial charge in [0.25, 0.3) is 0 Å². The summed E-state index contributed by atoms with van der Waals surface area (Å²) in [6.07, 6.45) is 8.47. The van der Waals surface area contributed by atoms with Crippen molar-refractivity contribution < 1.29 is 24.2 Å². The summed E-state index contributed by atoms with van der Waals surface area (Å²) in [7, 11) is 1.70. The normalized spacial score (nSPS) is 33.9. The summed E-state index contributed by atoms with van der Waals surface area (Å²) in [6, 6.07) is -1.39. The fraction of sp³-hybridized carbons (Fsp3) is 0.750. The van der Waals surface area contributed by atoms with Gasteiger partial charge in [0.1, 0.15) is 11.6 Å². The van der Waals surface area contributed by atoms with Crippen LogP contribution in [0.1, 0.15) is 52.4 Å². The number of alkyl halides is 1. The van der Waals surface area contributed by atoms with E-state index in [0.717, 1.165) is 32.1 Å². The van der Waals surface area contributed by atoms with Gasteiger partial charge in [-0.25, -0.2) is 0 Å². The summed E-state index contributed by atoms with van der Waals surface area (Å²) in [5.74, 6) is -2.16. The fourth-order valence-corrected chi connectivity index (χ4v) is 8.20. The average molecular weight is 581 g/mol. The van der Waals surface area contributed by atoms with Crippen molar-refractivity contribution in [2.24, 2.45) is 17.8 Å². The van der Waals surface area contributed by atoms with Crippen LogP contribution in [-0.2, 0) is 19.1 Å². The standard InChI is InChI=1S/C28H42BrN3O5/c1-6-13-30(5)25(34)21-22-26(35)32(20(16-33)17(3)4)24(28(22)15-19(29)23(21)37-28)27(36)31(14-7-2)18-11-9-8-10-12-18/h6-7,17-24,33H,1-2,8-16H2,3-5H3/t19?,20-,21-,22-,23-,24?,28?/m0/s1. The number of aliphatic hydroxyl groups excluding tert-OH is 1. The largest absolute Gasteiger partial charge is 0.394 e. The maximum Gasteiger partial charge on any atom is 0.248 e. The smallest absolute Gasteiger partial charge is 0.248 e. The van der Waals surface area contributed by atoms with Crippen LogP contribution in [0.25, 0.3) is 0 Å². The number of rotatable bonds is 10. The topological polar surface area (TPSA) is 90.4 Å². The number of ether oxygens (including phenoxy) is 1. The fourth-order valence-electron chi connectivity index (χ4n) is 7.25. The molecule has 0 aromatic rings. The molecule has 0 aromatic heterocycles. The number of halogens is 1. The Morgan fingerprint density at radius 2 is 1.84 bits per heavy atom. The van der Waals surface area contributed by atoms with Crippen LogP contribution in [0.15, 0.2) is 25.3 Å². The van der Waals surface area contributed by atoms with E-state index in [1.807, 2.05) is 18.7 Å². The third-order valence-electron chi connectivity index (χ3n) is 8.96. The summed E-state index contributed by atoms with van der Waals surface area (Å²) < 4.78 is 6.64. The predicted octanol–water partition coefficient (Wildman–Crippen LogP) is 2.74. The van der Waals surface area contributed by atoms with E-state index in [-0.39, 0.29) is 41.1 Å². The van der Waals surface area contributed by atoms with Crippen molar-refractivity contribution in [1.29, 1.82) is 0 Å². The van der Waals surface area contributed by atoms with E-state index in [9.17, 15) is 19.5 Å². The first-order chi connectivity index (χ1) is 17.6. The van der Waals surface area contributed by atoms with Crippen molar-refractivity contribution in [1.82, 2.24) is 14.7 Å². The summed E-state index contributed by atoms with van der Waals surface area (Å²) >= 11 is 3.73. The molecule has 3 heterocycles. The Balaban J connectivity index is 1.81. The Kier molecular flexibility index (Phi) is 8.56. The third kappa shape index (κ3) is 4.59. The number of likely N-dealkylation sites (N-methyl/N-ethyl adjacent to an activating group) is 1. The van der Waals surface area contributed by atoms with E-state index in [0.29, 0.717) is 19.5 Å². The van der Waals surface area contributed by atoms with Crippen LogP contribution >= 0.6 is 15.9 Å². The Morgan fingerprint density at radius 3 is 2.41 bits per heavy atom. The second-order valence-electron chi connectivity index (χ2n) is 11.5. The molecule has 4 rings (SSSR count). The molecule has 0 radical (unpaired) electrons. The molecule has 4 fully saturated rings. The van der Waals surface area contributed by atoms with Crippen LogP contribution in [0.2, 0.25) is 0 Å². The van der Waals surface area contributed by atoms with Crippen molar-refractivity contribution in [2.75, 3.05) is 26.7 Å². The predicted molar refractivity (Wildman–Crippen MR) is 145 cm³/mol. The lowest BCUT2D eigenvalue weighted by molar-refractivity contribution is -0.154. The minimum atomic E-state index is -1.13. The van der Waals surface area contributed by atoms with Crippen molar-refractivity contribution >= 4 is 33.7 Å². The second kappa shape index (κ2) is 11.2. The molecule has 37 heavy (non-hydrogen) atoms. The van der Waals surface area contributed by atoms with Gasteiger partial charge in [0.05, 0.1) is 30.6 Å². The number of nitrogens with zero attached hydrogens (tertiary/aromatic N) is 3. The molecule has 1 spiro atoms. The van der Waals surface area contributed by atoms with Crippen LogP contribution in [0.3, 0.4) is 0 Å². The Labute approximate surface area is 229 Å². The summed E-state index contributed by atoms with van der Waals surface area (Å²) in [4.78, 5) is 47.4. The van der Waals surface area contributed by atoms with E-state index in [4.69, 9.17) is 4.74 Å². The highest BCUT2D eigenvalue weighted by Gasteiger charge is 2.77. The zero-order chi connectivity index (χ0) is 27.1. The van der Waals surface area contributed by atoms with Gasteiger partial charge < -0.3 is 24.5 Å². The molecule has 2 bridgehead atoms. The van der Waals surface area contributed by atoms with Crippen molar-refractivity contribution in [3.63, 3.8) is 0 Å². The van der Waals surface area contributed by atoms with Gasteiger partial charge in [-0.15, -0.1) is 13.2 Å². The van der Waals surface area contributed by atoms with Crippen LogP contribution < -0.4 is 0 Å². The SMILES string of the molecule is C=CCN(C)C(=O)[C@H]1[C@H]2C(=O)N([C@@H](CO)C(C)C)C(C(=O)N(CC=C)C3CCCCC3)C23CC(Br)[C@@H]1O3. The van der Waals surface area contributed by atoms with Gasteiger partial charge in [0, 0.05) is 31.0 Å². The van der Waals surface area contributed by atoms with E-state index < -0.39 is 35.6 Å². The number of amides is 3. The highest BCUT2D eigenvalue weighted by Crippen LogP contribution is 2.61. The molecule has 0 aromatic carbocycles. The highest BCUT2D eigenvalue weighted by molar-refractivity contribution is 9.09. The van der Waals surface area contributed by atoms with Gasteiger partial charge in [-0.1, -0.05) is 61.2 Å². The van der Waals surface area contributed by atoms with Crippen LogP contribution in [-0.4, -0.2) is 98.9 Å². The molecule has 4 aliphatic rings. The number of fused-ring (bicyclic) bond motifs is 1. The third-order valence-corrected chi connectivity index (χ3v) is 9.81. The van der Waals surface area contributed by atoms with Crippen molar-refractivity contribution in [2.45, 2.75) is 87.0 Å². The molecular formula is C28H42BrN3O5. The van der Waals surface area contributed by atoms with E-state index >= 15 is 0 Å². The van der Waals surface area contributed by atoms with Crippen LogP contribution in [0, 0.1) is 17.8 Å². The van der Waals surface area contributed by atoms with Gasteiger partial charge in [-0.2, -0.15) is 0 Å². The molecule has 206 valence electrons. The molecule has 3 amide bonds. The first kappa shape index (κ1) is 28.3. The molecule has 1 saturated carbocycles. The molecular weight excluding hydrogens is 538 g/mol. The number of aliphatic hydroxyl groups is 1. The molecule has 7 atom stereocenters. The minimum Gasteiger partial charge on any atom is -0.394 e. The van der Waals surface area contributed by atoms with Crippen LogP contribution in [0.5, 0.6) is 0 Å². The monoisotopic (exact) mass is 579 g/mol. The van der Waals surface area contributed by atoms with Crippen molar-refractivity contribution in [3.8, 4) is 0 Å². The number of likely N-dealkylation sites (tertiary alicyclic amines) is 1. The average Bonchev–Trinajstić information content (AvgIpc) is 3.46. The minimum absolute atomic E-state index is 0.0767. The number of hydrogen-bond donors (Lipinski definition) is 1. The molecule has 3 saturated heterocycles. The zero-order valence-electron chi connectivity index (χ0n) is 22.4. The molecule has 1 N–H and O–H groups in total. The number of carbonyl (C=O) groups is 3. The molecule has 1 aliphatic carbocycles. The molecule has 3 aliphatic heterocycles. The summed E-state index contributed by atoms with van der Waals surface area (Å²) in [5, 5.41) is 10.4. The van der Waals surface area contributed by atoms with E-state index in [1.165, 1.54) is 0 Å². The van der Waals surface area contributed by atoms with Gasteiger partial charge in [0.2, 0.25) is 17.7 Å². The number of hydrogen-bond acceptors (Lipinski definition) is 5. The van der Waals surface area contributed by atoms with Gasteiger partial charge in [-0.3, -0.25) is 14.4 Å². The maximum atomic E-state index is 14.6. The van der Waals surface area contributed by atoms with Crippen molar-refractivity contribution in [3.05, 3.63) is 25.3 Å². The van der Waals surface area contributed by atoms with E-state index in [2.05, 4.69) is 29.1 Å². The Bertz CT molecular complexity index is 921. The van der Waals surface area contributed by atoms with E-state index in [1.54, 1.807) is 29.0 Å². The molecule has 8 nitrogen and oxygen atoms in total. The Hall–Kier alpha value is -1.71.